The number of ether oxygens (including phenoxy) is 1. The highest BCUT2D eigenvalue weighted by Gasteiger charge is 2.51. The van der Waals surface area contributed by atoms with Crippen LogP contribution < -0.4 is 10.1 Å². The van der Waals surface area contributed by atoms with Gasteiger partial charge in [-0.25, -0.2) is 0 Å². The Hall–Kier alpha value is -2.04. The van der Waals surface area contributed by atoms with Crippen molar-refractivity contribution < 1.29 is 14.3 Å². The Labute approximate surface area is 179 Å². The SMILES string of the molecule is COc1cccc(C(=O)N2CCC(NC(=O)CC34CC5CC(CC(C5)C3)C4)CC2)c1. The van der Waals surface area contributed by atoms with Crippen molar-refractivity contribution in [2.75, 3.05) is 20.2 Å². The average Bonchev–Trinajstić information content (AvgIpc) is 2.72. The van der Waals surface area contributed by atoms with E-state index in [2.05, 4.69) is 5.32 Å². The van der Waals surface area contributed by atoms with Gasteiger partial charge < -0.3 is 15.0 Å². The molecule has 1 aromatic carbocycles. The first-order valence-electron chi connectivity index (χ1n) is 11.7. The lowest BCUT2D eigenvalue weighted by molar-refractivity contribution is -0.130. The van der Waals surface area contributed by atoms with Crippen molar-refractivity contribution in [2.45, 2.75) is 63.8 Å². The summed E-state index contributed by atoms with van der Waals surface area (Å²) in [7, 11) is 1.61. The summed E-state index contributed by atoms with van der Waals surface area (Å²) in [6.07, 6.45) is 10.5. The van der Waals surface area contributed by atoms with Crippen LogP contribution >= 0.6 is 0 Å². The molecule has 162 valence electrons. The first kappa shape index (κ1) is 19.9. The van der Waals surface area contributed by atoms with Crippen LogP contribution in [0.3, 0.4) is 0 Å². The molecule has 30 heavy (non-hydrogen) atoms. The molecule has 2 amide bonds. The molecule has 4 bridgehead atoms. The summed E-state index contributed by atoms with van der Waals surface area (Å²) in [5, 5.41) is 3.31. The Kier molecular flexibility index (Phi) is 5.24. The summed E-state index contributed by atoms with van der Waals surface area (Å²) in [5.74, 6) is 3.65. The minimum absolute atomic E-state index is 0.0484. The third-order valence-corrected chi connectivity index (χ3v) is 8.16. The summed E-state index contributed by atoms with van der Waals surface area (Å²) >= 11 is 0. The van der Waals surface area contributed by atoms with Crippen molar-refractivity contribution in [1.29, 1.82) is 0 Å². The van der Waals surface area contributed by atoms with Gasteiger partial charge in [-0.3, -0.25) is 9.59 Å². The highest BCUT2D eigenvalue weighted by atomic mass is 16.5. The number of nitrogens with one attached hydrogen (secondary N) is 1. The van der Waals surface area contributed by atoms with Gasteiger partial charge in [0.1, 0.15) is 5.75 Å². The summed E-state index contributed by atoms with van der Waals surface area (Å²) in [6.45, 7) is 1.39. The first-order chi connectivity index (χ1) is 14.5. The second kappa shape index (κ2) is 7.90. The maximum Gasteiger partial charge on any atom is 0.253 e. The van der Waals surface area contributed by atoms with E-state index in [0.717, 1.165) is 37.0 Å². The number of rotatable bonds is 5. The van der Waals surface area contributed by atoms with Gasteiger partial charge in [0.15, 0.2) is 0 Å². The first-order valence-corrected chi connectivity index (χ1v) is 11.7. The molecule has 5 fully saturated rings. The molecule has 5 heteroatoms. The molecular weight excluding hydrogens is 376 g/mol. The van der Waals surface area contributed by atoms with E-state index in [-0.39, 0.29) is 17.9 Å². The van der Waals surface area contributed by atoms with E-state index in [0.29, 0.717) is 29.8 Å². The zero-order valence-corrected chi connectivity index (χ0v) is 18.1. The van der Waals surface area contributed by atoms with Crippen LogP contribution in [-0.4, -0.2) is 43.0 Å². The minimum Gasteiger partial charge on any atom is -0.497 e. The van der Waals surface area contributed by atoms with E-state index in [9.17, 15) is 9.59 Å². The molecule has 1 aliphatic heterocycles. The summed E-state index contributed by atoms with van der Waals surface area (Å²) in [6, 6.07) is 7.53. The van der Waals surface area contributed by atoms with Gasteiger partial charge in [-0.1, -0.05) is 6.07 Å². The second-order valence-corrected chi connectivity index (χ2v) is 10.5. The van der Waals surface area contributed by atoms with Crippen molar-refractivity contribution in [3.63, 3.8) is 0 Å². The lowest BCUT2D eigenvalue weighted by atomic mass is 9.49. The quantitative estimate of drug-likeness (QED) is 0.798. The number of likely N-dealkylation sites (tertiary alicyclic amines) is 1. The number of carbonyl (C=O) groups is 2. The van der Waals surface area contributed by atoms with Gasteiger partial charge in [0.25, 0.3) is 5.91 Å². The van der Waals surface area contributed by atoms with Crippen LogP contribution in [0.5, 0.6) is 5.75 Å². The third-order valence-electron chi connectivity index (χ3n) is 8.16. The van der Waals surface area contributed by atoms with Gasteiger partial charge >= 0.3 is 0 Å². The molecule has 5 nitrogen and oxygen atoms in total. The Bertz CT molecular complexity index is 777. The fourth-order valence-electron chi connectivity index (χ4n) is 7.29. The second-order valence-electron chi connectivity index (χ2n) is 10.5. The average molecular weight is 411 g/mol. The number of nitrogens with zero attached hydrogens (tertiary/aromatic N) is 1. The fraction of sp³-hybridized carbons (Fsp3) is 0.680. The van der Waals surface area contributed by atoms with Gasteiger partial charge in [0.2, 0.25) is 5.91 Å². The van der Waals surface area contributed by atoms with Crippen LogP contribution in [0.15, 0.2) is 24.3 Å². The molecule has 5 aliphatic rings. The maximum atomic E-state index is 12.9. The standard InChI is InChI=1S/C25H34N2O3/c1-30-22-4-2-3-20(12-22)24(29)27-7-5-21(6-8-27)26-23(28)16-25-13-17-9-18(14-25)11-19(10-17)15-25/h2-4,12,17-19,21H,5-11,13-16H2,1H3,(H,26,28). The van der Waals surface area contributed by atoms with Crippen LogP contribution in [0.1, 0.15) is 68.1 Å². The molecule has 4 aliphatic carbocycles. The van der Waals surface area contributed by atoms with Crippen molar-refractivity contribution in [3.05, 3.63) is 29.8 Å². The predicted octanol–water partition coefficient (Wildman–Crippen LogP) is 4.02. The van der Waals surface area contributed by atoms with Crippen LogP contribution in [0.2, 0.25) is 0 Å². The van der Waals surface area contributed by atoms with Crippen molar-refractivity contribution in [3.8, 4) is 5.75 Å². The van der Waals surface area contributed by atoms with Gasteiger partial charge in [-0.2, -0.15) is 0 Å². The van der Waals surface area contributed by atoms with Crippen LogP contribution in [0, 0.1) is 23.2 Å². The fourth-order valence-corrected chi connectivity index (χ4v) is 7.29. The molecule has 0 unspecified atom stereocenters. The molecule has 0 radical (unpaired) electrons. The van der Waals surface area contributed by atoms with Gasteiger partial charge in [-0.05, 0) is 92.7 Å². The Morgan fingerprint density at radius 1 is 1.07 bits per heavy atom. The third kappa shape index (κ3) is 3.95. The number of methoxy groups -OCH3 is 1. The molecule has 1 N–H and O–H groups in total. The normalized spacial score (nSPS) is 32.8. The summed E-state index contributed by atoms with van der Waals surface area (Å²) < 4.78 is 5.23. The molecule has 0 atom stereocenters. The minimum atomic E-state index is 0.0484. The number of carbonyl (C=O) groups excluding carboxylic acids is 2. The molecule has 0 spiro atoms. The zero-order chi connectivity index (χ0) is 20.7. The van der Waals surface area contributed by atoms with Crippen molar-refractivity contribution >= 4 is 11.8 Å². The lowest BCUT2D eigenvalue weighted by Crippen LogP contribution is -2.50. The van der Waals surface area contributed by atoms with Crippen molar-refractivity contribution in [1.82, 2.24) is 10.2 Å². The number of hydrogen-bond acceptors (Lipinski definition) is 3. The Morgan fingerprint density at radius 2 is 1.70 bits per heavy atom. The lowest BCUT2D eigenvalue weighted by Gasteiger charge is -2.56. The van der Waals surface area contributed by atoms with E-state index in [1.54, 1.807) is 13.2 Å². The van der Waals surface area contributed by atoms with Crippen molar-refractivity contribution in [2.24, 2.45) is 23.2 Å². The van der Waals surface area contributed by atoms with Gasteiger partial charge in [0, 0.05) is 31.1 Å². The summed E-state index contributed by atoms with van der Waals surface area (Å²) in [4.78, 5) is 27.6. The number of amides is 2. The highest BCUT2D eigenvalue weighted by Crippen LogP contribution is 2.61. The van der Waals surface area contributed by atoms with E-state index >= 15 is 0 Å². The molecule has 6 rings (SSSR count). The molecule has 4 saturated carbocycles. The maximum absolute atomic E-state index is 12.9. The highest BCUT2D eigenvalue weighted by molar-refractivity contribution is 5.94. The van der Waals surface area contributed by atoms with Gasteiger partial charge in [0.05, 0.1) is 7.11 Å². The zero-order valence-electron chi connectivity index (χ0n) is 18.1. The largest absolute Gasteiger partial charge is 0.497 e. The van der Waals surface area contributed by atoms with E-state index in [1.807, 2.05) is 23.1 Å². The molecule has 1 saturated heterocycles. The van der Waals surface area contributed by atoms with E-state index < -0.39 is 0 Å². The molecule has 1 aromatic rings. The van der Waals surface area contributed by atoms with E-state index in [4.69, 9.17) is 4.74 Å². The van der Waals surface area contributed by atoms with Crippen LogP contribution in [-0.2, 0) is 4.79 Å². The monoisotopic (exact) mass is 410 g/mol. The molecular formula is C25H34N2O3. The number of hydrogen-bond donors (Lipinski definition) is 1. The summed E-state index contributed by atoms with van der Waals surface area (Å²) in [5.41, 5.74) is 0.959. The molecule has 1 heterocycles. The van der Waals surface area contributed by atoms with Crippen LogP contribution in [0.25, 0.3) is 0 Å². The topological polar surface area (TPSA) is 58.6 Å². The smallest absolute Gasteiger partial charge is 0.253 e. The van der Waals surface area contributed by atoms with E-state index in [1.165, 1.54) is 38.5 Å². The predicted molar refractivity (Wildman–Crippen MR) is 115 cm³/mol. The Morgan fingerprint density at radius 3 is 2.30 bits per heavy atom. The Balaban J connectivity index is 1.12. The molecule has 0 aromatic heterocycles. The number of benzene rings is 1. The van der Waals surface area contributed by atoms with Crippen LogP contribution in [0.4, 0.5) is 0 Å². The van der Waals surface area contributed by atoms with Gasteiger partial charge in [-0.15, -0.1) is 0 Å². The number of piperidine rings is 1.